The highest BCUT2D eigenvalue weighted by molar-refractivity contribution is 9.10. The zero-order valence-corrected chi connectivity index (χ0v) is 12.6. The zero-order valence-electron chi connectivity index (χ0n) is 10.2. The number of amides is 2. The first-order valence-corrected chi connectivity index (χ1v) is 6.81. The quantitative estimate of drug-likeness (QED) is 0.741. The van der Waals surface area contributed by atoms with Crippen LogP contribution in [0.1, 0.15) is 12.5 Å². The Bertz CT molecular complexity index is 465. The van der Waals surface area contributed by atoms with Crippen LogP contribution in [0.15, 0.2) is 22.7 Å². The van der Waals surface area contributed by atoms with E-state index in [0.717, 1.165) is 10.0 Å². The molecule has 0 fully saturated rings. The predicted molar refractivity (Wildman–Crippen MR) is 79.0 cm³/mol. The van der Waals surface area contributed by atoms with Crippen molar-refractivity contribution in [1.29, 1.82) is 0 Å². The maximum atomic E-state index is 11.9. The lowest BCUT2D eigenvalue weighted by molar-refractivity contribution is -0.124. The van der Waals surface area contributed by atoms with E-state index in [2.05, 4.69) is 39.2 Å². The van der Waals surface area contributed by atoms with Crippen molar-refractivity contribution in [3.8, 4) is 0 Å². The molecule has 0 saturated carbocycles. The summed E-state index contributed by atoms with van der Waals surface area (Å²) in [5, 5.41) is 5.27. The second kappa shape index (κ2) is 6.80. The molecule has 18 heavy (non-hydrogen) atoms. The molecule has 1 unspecified atom stereocenters. The summed E-state index contributed by atoms with van der Waals surface area (Å²) in [6.45, 7) is 3.33. The molecule has 1 atom stereocenters. The van der Waals surface area contributed by atoms with Crippen LogP contribution in [-0.4, -0.2) is 23.6 Å². The molecular formula is C12H15BrN2O2S. The lowest BCUT2D eigenvalue weighted by Crippen LogP contribution is -2.44. The third-order valence-corrected chi connectivity index (χ3v) is 3.54. The van der Waals surface area contributed by atoms with Gasteiger partial charge in [-0.05, 0) is 24.6 Å². The predicted octanol–water partition coefficient (Wildman–Crippen LogP) is 2.13. The van der Waals surface area contributed by atoms with Gasteiger partial charge in [-0.3, -0.25) is 9.59 Å². The molecule has 0 heterocycles. The number of thiol groups is 1. The van der Waals surface area contributed by atoms with Gasteiger partial charge in [-0.2, -0.15) is 12.6 Å². The fourth-order valence-electron chi connectivity index (χ4n) is 1.34. The standard InChI is InChI=1S/C12H15BrN2O2S/c1-7-3-4-9(5-10(7)13)15-12(17)11(6-18)14-8(2)16/h3-5,11,18H,6H2,1-2H3,(H,14,16)(H,15,17). The minimum atomic E-state index is -0.633. The second-order valence-electron chi connectivity index (χ2n) is 3.89. The molecule has 98 valence electrons. The smallest absolute Gasteiger partial charge is 0.247 e. The van der Waals surface area contributed by atoms with Crippen LogP contribution in [0.4, 0.5) is 5.69 Å². The van der Waals surface area contributed by atoms with E-state index in [9.17, 15) is 9.59 Å². The van der Waals surface area contributed by atoms with Crippen LogP contribution in [0.3, 0.4) is 0 Å². The molecule has 0 aliphatic carbocycles. The number of benzene rings is 1. The Hall–Kier alpha value is -1.01. The van der Waals surface area contributed by atoms with E-state index in [4.69, 9.17) is 0 Å². The molecule has 1 aromatic rings. The summed E-state index contributed by atoms with van der Waals surface area (Å²) in [4.78, 5) is 22.8. The van der Waals surface area contributed by atoms with Gasteiger partial charge in [0.2, 0.25) is 11.8 Å². The topological polar surface area (TPSA) is 58.2 Å². The van der Waals surface area contributed by atoms with Crippen molar-refractivity contribution >= 4 is 46.1 Å². The van der Waals surface area contributed by atoms with Gasteiger partial charge < -0.3 is 10.6 Å². The van der Waals surface area contributed by atoms with Crippen LogP contribution in [0.25, 0.3) is 0 Å². The van der Waals surface area contributed by atoms with Crippen LogP contribution in [0.2, 0.25) is 0 Å². The molecule has 4 nitrogen and oxygen atoms in total. The van der Waals surface area contributed by atoms with Crippen LogP contribution in [0.5, 0.6) is 0 Å². The molecule has 0 spiro atoms. The summed E-state index contributed by atoms with van der Waals surface area (Å²) in [5.41, 5.74) is 1.76. The Morgan fingerprint density at radius 1 is 1.44 bits per heavy atom. The fourth-order valence-corrected chi connectivity index (χ4v) is 1.98. The SMILES string of the molecule is CC(=O)NC(CS)C(=O)Nc1ccc(C)c(Br)c1. The number of anilines is 1. The molecule has 0 aromatic heterocycles. The van der Waals surface area contributed by atoms with Crippen molar-refractivity contribution in [2.75, 3.05) is 11.1 Å². The summed E-state index contributed by atoms with van der Waals surface area (Å²) in [6, 6.07) is 4.89. The molecule has 2 N–H and O–H groups in total. The Kier molecular flexibility index (Phi) is 5.68. The summed E-state index contributed by atoms with van der Waals surface area (Å²) < 4.78 is 0.919. The lowest BCUT2D eigenvalue weighted by Gasteiger charge is -2.15. The molecule has 0 aliphatic heterocycles. The maximum absolute atomic E-state index is 11.9. The summed E-state index contributed by atoms with van der Waals surface area (Å²) in [7, 11) is 0. The van der Waals surface area contributed by atoms with Crippen LogP contribution in [-0.2, 0) is 9.59 Å². The highest BCUT2D eigenvalue weighted by Gasteiger charge is 2.17. The molecule has 0 radical (unpaired) electrons. The van der Waals surface area contributed by atoms with Crippen LogP contribution >= 0.6 is 28.6 Å². The molecule has 6 heteroatoms. The highest BCUT2D eigenvalue weighted by atomic mass is 79.9. The minimum absolute atomic E-state index is 0.248. The Morgan fingerprint density at radius 2 is 2.11 bits per heavy atom. The van der Waals surface area contributed by atoms with E-state index in [1.807, 2.05) is 19.1 Å². The number of carbonyl (C=O) groups is 2. The third-order valence-electron chi connectivity index (χ3n) is 2.32. The maximum Gasteiger partial charge on any atom is 0.247 e. The molecule has 1 rings (SSSR count). The summed E-state index contributed by atoms with van der Waals surface area (Å²) in [6.07, 6.45) is 0. The molecule has 0 aliphatic rings. The monoisotopic (exact) mass is 330 g/mol. The van der Waals surface area contributed by atoms with Gasteiger partial charge in [0.25, 0.3) is 0 Å². The number of hydrogen-bond acceptors (Lipinski definition) is 3. The van der Waals surface area contributed by atoms with Gasteiger partial charge in [-0.25, -0.2) is 0 Å². The highest BCUT2D eigenvalue weighted by Crippen LogP contribution is 2.20. The molecule has 0 bridgehead atoms. The summed E-state index contributed by atoms with van der Waals surface area (Å²) >= 11 is 7.44. The average molecular weight is 331 g/mol. The van der Waals surface area contributed by atoms with E-state index in [-0.39, 0.29) is 17.6 Å². The van der Waals surface area contributed by atoms with Gasteiger partial charge in [0, 0.05) is 22.8 Å². The summed E-state index contributed by atoms with van der Waals surface area (Å²) in [5.74, 6) is -0.288. The minimum Gasteiger partial charge on any atom is -0.344 e. The van der Waals surface area contributed by atoms with Crippen LogP contribution < -0.4 is 10.6 Å². The van der Waals surface area contributed by atoms with E-state index in [1.54, 1.807) is 6.07 Å². The van der Waals surface area contributed by atoms with E-state index >= 15 is 0 Å². The number of hydrogen-bond donors (Lipinski definition) is 3. The van der Waals surface area contributed by atoms with Crippen molar-refractivity contribution in [2.24, 2.45) is 0 Å². The van der Waals surface area contributed by atoms with Crippen molar-refractivity contribution < 1.29 is 9.59 Å². The number of halogens is 1. The van der Waals surface area contributed by atoms with Crippen molar-refractivity contribution in [2.45, 2.75) is 19.9 Å². The molecular weight excluding hydrogens is 316 g/mol. The number of nitrogens with one attached hydrogen (secondary N) is 2. The Balaban J connectivity index is 2.73. The van der Waals surface area contributed by atoms with Gasteiger partial charge in [-0.1, -0.05) is 22.0 Å². The number of rotatable bonds is 4. The second-order valence-corrected chi connectivity index (χ2v) is 5.11. The zero-order chi connectivity index (χ0) is 13.7. The van der Waals surface area contributed by atoms with E-state index in [0.29, 0.717) is 5.69 Å². The van der Waals surface area contributed by atoms with Crippen molar-refractivity contribution in [1.82, 2.24) is 5.32 Å². The van der Waals surface area contributed by atoms with E-state index < -0.39 is 6.04 Å². The first kappa shape index (κ1) is 15.0. The Morgan fingerprint density at radius 3 is 2.61 bits per heavy atom. The molecule has 0 saturated heterocycles. The molecule has 2 amide bonds. The first-order chi connectivity index (χ1) is 8.43. The third kappa shape index (κ3) is 4.34. The van der Waals surface area contributed by atoms with Gasteiger partial charge in [0.05, 0.1) is 0 Å². The fraction of sp³-hybridized carbons (Fsp3) is 0.333. The molecule has 1 aromatic carbocycles. The van der Waals surface area contributed by atoms with Gasteiger partial charge in [-0.15, -0.1) is 0 Å². The number of carbonyl (C=O) groups excluding carboxylic acids is 2. The number of aryl methyl sites for hydroxylation is 1. The Labute approximate surface area is 120 Å². The van der Waals surface area contributed by atoms with E-state index in [1.165, 1.54) is 6.92 Å². The van der Waals surface area contributed by atoms with Gasteiger partial charge in [0.1, 0.15) is 6.04 Å². The van der Waals surface area contributed by atoms with Gasteiger partial charge >= 0.3 is 0 Å². The van der Waals surface area contributed by atoms with Gasteiger partial charge in [0.15, 0.2) is 0 Å². The van der Waals surface area contributed by atoms with Crippen molar-refractivity contribution in [3.63, 3.8) is 0 Å². The largest absolute Gasteiger partial charge is 0.344 e. The normalized spacial score (nSPS) is 11.8. The first-order valence-electron chi connectivity index (χ1n) is 5.39. The van der Waals surface area contributed by atoms with Crippen molar-refractivity contribution in [3.05, 3.63) is 28.2 Å². The van der Waals surface area contributed by atoms with Crippen LogP contribution in [0, 0.1) is 6.92 Å². The average Bonchev–Trinajstić information content (AvgIpc) is 2.30. The lowest BCUT2D eigenvalue weighted by atomic mass is 10.2.